The minimum atomic E-state index is -0.0258. The molecule has 0 atom stereocenters. The van der Waals surface area contributed by atoms with E-state index in [1.54, 1.807) is 0 Å². The van der Waals surface area contributed by atoms with E-state index in [4.69, 9.17) is 5.53 Å². The van der Waals surface area contributed by atoms with Gasteiger partial charge in [0, 0.05) is 22.9 Å². The Bertz CT molecular complexity index is 637. The maximum Gasteiger partial charge on any atom is 0.142 e. The highest BCUT2D eigenvalue weighted by Gasteiger charge is 2.24. The number of hydrogen-bond donors (Lipinski definition) is 1. The van der Waals surface area contributed by atoms with E-state index >= 15 is 0 Å². The summed E-state index contributed by atoms with van der Waals surface area (Å²) in [6.07, 6.45) is 6.35. The second kappa shape index (κ2) is 4.33. The number of aliphatic hydroxyl groups excluding tert-OH is 1. The number of aromatic nitrogens is 2. The summed E-state index contributed by atoms with van der Waals surface area (Å²) in [6, 6.07) is 2.03. The summed E-state index contributed by atoms with van der Waals surface area (Å²) in [5, 5.41) is 12.9. The first-order chi connectivity index (χ1) is 8.81. The van der Waals surface area contributed by atoms with Crippen molar-refractivity contribution in [3.8, 4) is 0 Å². The zero-order valence-corrected chi connectivity index (χ0v) is 9.82. The molecule has 1 fully saturated rings. The number of azide groups is 1. The quantitative estimate of drug-likeness (QED) is 0.508. The molecule has 0 aromatic carbocycles. The van der Waals surface area contributed by atoms with Crippen molar-refractivity contribution in [2.24, 2.45) is 5.11 Å². The van der Waals surface area contributed by atoms with Crippen LogP contribution in [0.15, 0.2) is 23.6 Å². The normalized spacial score (nSPS) is 14.7. The lowest BCUT2D eigenvalue weighted by Gasteiger charge is -2.04. The van der Waals surface area contributed by atoms with Crippen molar-refractivity contribution in [1.82, 2.24) is 9.38 Å². The highest BCUT2D eigenvalue weighted by Crippen LogP contribution is 2.40. The van der Waals surface area contributed by atoms with Crippen LogP contribution in [0.4, 0.5) is 0 Å². The summed E-state index contributed by atoms with van der Waals surface area (Å²) in [4.78, 5) is 7.11. The molecule has 2 aromatic heterocycles. The van der Waals surface area contributed by atoms with Crippen LogP contribution >= 0.6 is 0 Å². The Hall–Kier alpha value is -2.04. The SMILES string of the molecule is [N-]=[N+]=NCc1cn2cc(C3CC3)cc(CO)c2n1. The minimum absolute atomic E-state index is 0.0258. The number of pyridine rings is 1. The Labute approximate surface area is 104 Å². The van der Waals surface area contributed by atoms with Crippen molar-refractivity contribution in [3.63, 3.8) is 0 Å². The van der Waals surface area contributed by atoms with Gasteiger partial charge in [-0.1, -0.05) is 5.11 Å². The van der Waals surface area contributed by atoms with Gasteiger partial charge in [-0.3, -0.25) is 0 Å². The average molecular weight is 243 g/mol. The molecule has 0 aliphatic heterocycles. The van der Waals surface area contributed by atoms with Gasteiger partial charge in [-0.15, -0.1) is 0 Å². The predicted molar refractivity (Wildman–Crippen MR) is 65.9 cm³/mol. The van der Waals surface area contributed by atoms with Gasteiger partial charge in [0.2, 0.25) is 0 Å². The van der Waals surface area contributed by atoms with Gasteiger partial charge in [0.15, 0.2) is 0 Å². The lowest BCUT2D eigenvalue weighted by atomic mass is 10.1. The van der Waals surface area contributed by atoms with Crippen molar-refractivity contribution in [2.75, 3.05) is 0 Å². The van der Waals surface area contributed by atoms with Gasteiger partial charge in [0.1, 0.15) is 5.65 Å². The van der Waals surface area contributed by atoms with E-state index in [0.717, 1.165) is 16.9 Å². The third kappa shape index (κ3) is 1.92. The van der Waals surface area contributed by atoms with Crippen molar-refractivity contribution in [1.29, 1.82) is 0 Å². The molecule has 92 valence electrons. The average Bonchev–Trinajstić information content (AvgIpc) is 3.15. The predicted octanol–water partition coefficient (Wildman–Crippen LogP) is 2.51. The largest absolute Gasteiger partial charge is 0.392 e. The van der Waals surface area contributed by atoms with Gasteiger partial charge in [-0.2, -0.15) is 0 Å². The van der Waals surface area contributed by atoms with Crippen LogP contribution in [0.3, 0.4) is 0 Å². The summed E-state index contributed by atoms with van der Waals surface area (Å²) >= 11 is 0. The zero-order valence-electron chi connectivity index (χ0n) is 9.82. The summed E-state index contributed by atoms with van der Waals surface area (Å²) in [5.74, 6) is 0.627. The van der Waals surface area contributed by atoms with Crippen LogP contribution in [0.25, 0.3) is 16.1 Å². The first-order valence-electron chi connectivity index (χ1n) is 5.94. The highest BCUT2D eigenvalue weighted by atomic mass is 16.3. The second-order valence-corrected chi connectivity index (χ2v) is 4.58. The van der Waals surface area contributed by atoms with Crippen molar-refractivity contribution in [3.05, 3.63) is 45.7 Å². The Morgan fingerprint density at radius 1 is 1.50 bits per heavy atom. The minimum Gasteiger partial charge on any atom is -0.392 e. The van der Waals surface area contributed by atoms with Crippen LogP contribution in [0.1, 0.15) is 35.6 Å². The van der Waals surface area contributed by atoms with E-state index in [0.29, 0.717) is 5.92 Å². The van der Waals surface area contributed by atoms with E-state index in [9.17, 15) is 5.11 Å². The first-order valence-corrected chi connectivity index (χ1v) is 5.94. The van der Waals surface area contributed by atoms with Crippen LogP contribution in [-0.2, 0) is 13.2 Å². The van der Waals surface area contributed by atoms with E-state index in [1.807, 2.05) is 16.7 Å². The molecule has 1 saturated carbocycles. The van der Waals surface area contributed by atoms with E-state index in [-0.39, 0.29) is 13.2 Å². The molecule has 0 radical (unpaired) electrons. The van der Waals surface area contributed by atoms with Gasteiger partial charge >= 0.3 is 0 Å². The molecule has 0 amide bonds. The van der Waals surface area contributed by atoms with Crippen LogP contribution in [0.5, 0.6) is 0 Å². The molecular weight excluding hydrogens is 230 g/mol. The summed E-state index contributed by atoms with van der Waals surface area (Å²) < 4.78 is 1.92. The fourth-order valence-corrected chi connectivity index (χ4v) is 2.18. The molecule has 1 N–H and O–H groups in total. The standard InChI is InChI=1S/C12H13N5O/c13-16-14-4-11-6-17-5-9(8-1-2-8)3-10(7-18)12(17)15-11/h3,5-6,8,18H,1-2,4,7H2. The molecule has 2 heterocycles. The van der Waals surface area contributed by atoms with Gasteiger partial charge < -0.3 is 9.51 Å². The Balaban J connectivity index is 2.09. The lowest BCUT2D eigenvalue weighted by Crippen LogP contribution is -1.95. The molecule has 0 unspecified atom stereocenters. The molecule has 0 bridgehead atoms. The van der Waals surface area contributed by atoms with Crippen molar-refractivity contribution < 1.29 is 5.11 Å². The second-order valence-electron chi connectivity index (χ2n) is 4.58. The zero-order chi connectivity index (χ0) is 12.5. The molecule has 6 heteroatoms. The van der Waals surface area contributed by atoms with Gasteiger partial charge in [0.05, 0.1) is 18.8 Å². The molecular formula is C12H13N5O. The van der Waals surface area contributed by atoms with E-state index < -0.39 is 0 Å². The first kappa shape index (κ1) is 11.1. The Morgan fingerprint density at radius 3 is 3.00 bits per heavy atom. The molecule has 2 aromatic rings. The van der Waals surface area contributed by atoms with Crippen molar-refractivity contribution >= 4 is 5.65 Å². The van der Waals surface area contributed by atoms with Crippen LogP contribution in [-0.4, -0.2) is 14.5 Å². The summed E-state index contributed by atoms with van der Waals surface area (Å²) in [7, 11) is 0. The molecule has 0 saturated heterocycles. The number of nitrogens with zero attached hydrogens (tertiary/aromatic N) is 5. The number of aliphatic hydroxyl groups is 1. The lowest BCUT2D eigenvalue weighted by molar-refractivity contribution is 0.282. The maximum atomic E-state index is 9.41. The monoisotopic (exact) mass is 243 g/mol. The summed E-state index contributed by atoms with van der Waals surface area (Å²) in [6.45, 7) is 0.212. The fourth-order valence-electron chi connectivity index (χ4n) is 2.18. The van der Waals surface area contributed by atoms with E-state index in [1.165, 1.54) is 18.4 Å². The molecule has 1 aliphatic rings. The Kier molecular flexibility index (Phi) is 2.66. The maximum absolute atomic E-state index is 9.41. The molecule has 0 spiro atoms. The number of rotatable bonds is 4. The number of hydrogen-bond acceptors (Lipinski definition) is 3. The number of fused-ring (bicyclic) bond motifs is 1. The summed E-state index contributed by atoms with van der Waals surface area (Å²) in [5.41, 5.74) is 11.8. The van der Waals surface area contributed by atoms with Gasteiger partial charge in [-0.25, -0.2) is 4.98 Å². The van der Waals surface area contributed by atoms with Crippen LogP contribution < -0.4 is 0 Å². The topological polar surface area (TPSA) is 86.3 Å². The molecule has 18 heavy (non-hydrogen) atoms. The van der Waals surface area contributed by atoms with E-state index in [2.05, 4.69) is 21.2 Å². The van der Waals surface area contributed by atoms with Crippen LogP contribution in [0, 0.1) is 0 Å². The highest BCUT2D eigenvalue weighted by molar-refractivity contribution is 5.51. The molecule has 3 rings (SSSR count). The number of imidazole rings is 1. The molecule has 1 aliphatic carbocycles. The third-order valence-electron chi connectivity index (χ3n) is 3.21. The Morgan fingerprint density at radius 2 is 2.33 bits per heavy atom. The van der Waals surface area contributed by atoms with Crippen LogP contribution in [0.2, 0.25) is 0 Å². The fraction of sp³-hybridized carbons (Fsp3) is 0.417. The van der Waals surface area contributed by atoms with Crippen molar-refractivity contribution in [2.45, 2.75) is 31.9 Å². The van der Waals surface area contributed by atoms with Gasteiger partial charge in [-0.05, 0) is 35.9 Å². The smallest absolute Gasteiger partial charge is 0.142 e. The third-order valence-corrected chi connectivity index (χ3v) is 3.21. The molecule has 6 nitrogen and oxygen atoms in total. The van der Waals surface area contributed by atoms with Gasteiger partial charge in [0.25, 0.3) is 0 Å².